The number of hydrogen-bond acceptors (Lipinski definition) is 3. The second-order valence-electron chi connectivity index (χ2n) is 4.70. The Morgan fingerprint density at radius 3 is 2.79 bits per heavy atom. The minimum Gasteiger partial charge on any atom is -0.393 e. The molecule has 2 fully saturated rings. The third-order valence-electron chi connectivity index (χ3n) is 3.52. The summed E-state index contributed by atoms with van der Waals surface area (Å²) in [5, 5.41) is 9.45. The fourth-order valence-corrected chi connectivity index (χ4v) is 2.59. The molecule has 0 aromatic rings. The van der Waals surface area contributed by atoms with Crippen LogP contribution in [0, 0.1) is 0 Å². The van der Waals surface area contributed by atoms with Crippen molar-refractivity contribution in [1.29, 1.82) is 0 Å². The number of rotatable bonds is 3. The van der Waals surface area contributed by atoms with Gasteiger partial charge in [-0.1, -0.05) is 0 Å². The molecule has 2 rings (SSSR count). The Morgan fingerprint density at radius 2 is 2.21 bits per heavy atom. The van der Waals surface area contributed by atoms with E-state index in [1.54, 1.807) is 0 Å². The summed E-state index contributed by atoms with van der Waals surface area (Å²) in [6, 6.07) is 0.578. The van der Waals surface area contributed by atoms with Crippen LogP contribution >= 0.6 is 0 Å². The lowest BCUT2D eigenvalue weighted by molar-refractivity contribution is 0.0658. The highest BCUT2D eigenvalue weighted by Gasteiger charge is 2.28. The van der Waals surface area contributed by atoms with Crippen molar-refractivity contribution in [2.24, 2.45) is 0 Å². The van der Waals surface area contributed by atoms with Crippen LogP contribution in [-0.4, -0.2) is 48.5 Å². The Morgan fingerprint density at radius 1 is 1.36 bits per heavy atom. The summed E-state index contributed by atoms with van der Waals surface area (Å²) >= 11 is 0. The predicted molar refractivity (Wildman–Crippen MR) is 55.2 cm³/mol. The van der Waals surface area contributed by atoms with Gasteiger partial charge in [-0.2, -0.15) is 0 Å². The number of hydrogen-bond donors (Lipinski definition) is 1. The highest BCUT2D eigenvalue weighted by molar-refractivity contribution is 4.82. The predicted octanol–water partition coefficient (Wildman–Crippen LogP) is 1.01. The number of aliphatic hydroxyl groups is 1. The van der Waals surface area contributed by atoms with Crippen molar-refractivity contribution >= 4 is 0 Å². The second kappa shape index (κ2) is 4.60. The molecule has 1 heterocycles. The van der Waals surface area contributed by atoms with Gasteiger partial charge < -0.3 is 14.7 Å². The number of nitrogens with zero attached hydrogens (tertiary/aromatic N) is 1. The van der Waals surface area contributed by atoms with Crippen LogP contribution in [0.5, 0.6) is 0 Å². The molecule has 0 radical (unpaired) electrons. The summed E-state index contributed by atoms with van der Waals surface area (Å²) in [6.45, 7) is 1.98. The lowest BCUT2D eigenvalue weighted by Crippen LogP contribution is -2.36. The van der Waals surface area contributed by atoms with Crippen LogP contribution in [-0.2, 0) is 4.74 Å². The first kappa shape index (κ1) is 10.4. The first-order valence-corrected chi connectivity index (χ1v) is 5.75. The molecule has 1 saturated carbocycles. The molecule has 14 heavy (non-hydrogen) atoms. The van der Waals surface area contributed by atoms with E-state index in [1.165, 1.54) is 12.8 Å². The van der Waals surface area contributed by atoms with Crippen LogP contribution in [0.4, 0.5) is 0 Å². The number of likely N-dealkylation sites (N-methyl/N-ethyl adjacent to an activating group) is 1. The average Bonchev–Trinajstić information content (AvgIpc) is 2.75. The molecule has 1 N–H and O–H groups in total. The van der Waals surface area contributed by atoms with Gasteiger partial charge >= 0.3 is 0 Å². The van der Waals surface area contributed by atoms with E-state index in [0.29, 0.717) is 12.1 Å². The molecule has 3 heteroatoms. The van der Waals surface area contributed by atoms with Gasteiger partial charge in [-0.3, -0.25) is 0 Å². The lowest BCUT2D eigenvalue weighted by atomic mass is 10.2. The molecular weight excluding hydrogens is 178 g/mol. The standard InChI is InChI=1S/C11H21NO2/c1-12(8-11-3-2-6-14-11)9-4-5-10(13)7-9/h9-11,13H,2-8H2,1H3. The van der Waals surface area contributed by atoms with Crippen LogP contribution in [0.25, 0.3) is 0 Å². The SMILES string of the molecule is CN(CC1CCCO1)C1CCC(O)C1. The van der Waals surface area contributed by atoms with Crippen molar-refractivity contribution in [3.05, 3.63) is 0 Å². The Bertz CT molecular complexity index is 180. The van der Waals surface area contributed by atoms with Crippen LogP contribution < -0.4 is 0 Å². The summed E-state index contributed by atoms with van der Waals surface area (Å²) in [5.74, 6) is 0. The fourth-order valence-electron chi connectivity index (χ4n) is 2.59. The third-order valence-corrected chi connectivity index (χ3v) is 3.52. The molecule has 82 valence electrons. The first-order chi connectivity index (χ1) is 6.75. The molecule has 3 nitrogen and oxygen atoms in total. The molecule has 1 aliphatic heterocycles. The number of ether oxygens (including phenoxy) is 1. The van der Waals surface area contributed by atoms with E-state index in [1.807, 2.05) is 0 Å². The van der Waals surface area contributed by atoms with Gasteiger partial charge in [-0.25, -0.2) is 0 Å². The zero-order chi connectivity index (χ0) is 9.97. The topological polar surface area (TPSA) is 32.7 Å². The monoisotopic (exact) mass is 199 g/mol. The Labute approximate surface area is 86.0 Å². The maximum absolute atomic E-state index is 9.45. The zero-order valence-corrected chi connectivity index (χ0v) is 8.98. The first-order valence-electron chi connectivity index (χ1n) is 5.75. The molecule has 3 atom stereocenters. The van der Waals surface area contributed by atoms with Crippen molar-refractivity contribution in [2.45, 2.75) is 50.4 Å². The van der Waals surface area contributed by atoms with Crippen molar-refractivity contribution in [3.63, 3.8) is 0 Å². The highest BCUT2D eigenvalue weighted by atomic mass is 16.5. The smallest absolute Gasteiger partial charge is 0.0702 e. The van der Waals surface area contributed by atoms with E-state index >= 15 is 0 Å². The number of aliphatic hydroxyl groups excluding tert-OH is 1. The summed E-state index contributed by atoms with van der Waals surface area (Å²) < 4.78 is 5.61. The summed E-state index contributed by atoms with van der Waals surface area (Å²) in [5.41, 5.74) is 0. The lowest BCUT2D eigenvalue weighted by Gasteiger charge is -2.26. The van der Waals surface area contributed by atoms with Gasteiger partial charge in [0.15, 0.2) is 0 Å². The quantitative estimate of drug-likeness (QED) is 0.736. The van der Waals surface area contributed by atoms with Gasteiger partial charge in [0.1, 0.15) is 0 Å². The molecule has 1 aliphatic carbocycles. The van der Waals surface area contributed by atoms with Crippen molar-refractivity contribution in [3.8, 4) is 0 Å². The van der Waals surface area contributed by atoms with E-state index in [2.05, 4.69) is 11.9 Å². The molecule has 1 saturated heterocycles. The molecule has 0 spiro atoms. The van der Waals surface area contributed by atoms with Crippen molar-refractivity contribution < 1.29 is 9.84 Å². The third kappa shape index (κ3) is 2.47. The van der Waals surface area contributed by atoms with E-state index < -0.39 is 0 Å². The molecule has 0 amide bonds. The van der Waals surface area contributed by atoms with Gasteiger partial charge in [0.05, 0.1) is 12.2 Å². The van der Waals surface area contributed by atoms with E-state index in [9.17, 15) is 5.11 Å². The van der Waals surface area contributed by atoms with Crippen LogP contribution in [0.1, 0.15) is 32.1 Å². The zero-order valence-electron chi connectivity index (χ0n) is 8.98. The molecule has 0 bridgehead atoms. The van der Waals surface area contributed by atoms with E-state index in [4.69, 9.17) is 4.74 Å². The Hall–Kier alpha value is -0.120. The van der Waals surface area contributed by atoms with Crippen LogP contribution in [0.2, 0.25) is 0 Å². The van der Waals surface area contributed by atoms with Gasteiger partial charge in [-0.05, 0) is 39.2 Å². The van der Waals surface area contributed by atoms with Crippen molar-refractivity contribution in [1.82, 2.24) is 4.90 Å². The summed E-state index contributed by atoms with van der Waals surface area (Å²) in [4.78, 5) is 2.37. The maximum atomic E-state index is 9.45. The Kier molecular flexibility index (Phi) is 3.42. The van der Waals surface area contributed by atoms with Crippen LogP contribution in [0.3, 0.4) is 0 Å². The minimum absolute atomic E-state index is 0.0630. The molecular formula is C11H21NO2. The molecule has 0 aromatic heterocycles. The van der Waals surface area contributed by atoms with Gasteiger partial charge in [0.2, 0.25) is 0 Å². The average molecular weight is 199 g/mol. The van der Waals surface area contributed by atoms with E-state index in [-0.39, 0.29) is 6.10 Å². The van der Waals surface area contributed by atoms with Gasteiger partial charge in [0, 0.05) is 19.2 Å². The Balaban J connectivity index is 1.74. The minimum atomic E-state index is -0.0630. The van der Waals surface area contributed by atoms with E-state index in [0.717, 1.165) is 32.4 Å². The maximum Gasteiger partial charge on any atom is 0.0702 e. The summed E-state index contributed by atoms with van der Waals surface area (Å²) in [6.07, 6.45) is 5.87. The summed E-state index contributed by atoms with van der Waals surface area (Å²) in [7, 11) is 2.16. The second-order valence-corrected chi connectivity index (χ2v) is 4.70. The van der Waals surface area contributed by atoms with Gasteiger partial charge in [-0.15, -0.1) is 0 Å². The molecule has 0 aromatic carbocycles. The molecule has 2 aliphatic rings. The fraction of sp³-hybridized carbons (Fsp3) is 1.00. The van der Waals surface area contributed by atoms with Crippen molar-refractivity contribution in [2.75, 3.05) is 20.2 Å². The normalized spacial score (nSPS) is 38.4. The highest BCUT2D eigenvalue weighted by Crippen LogP contribution is 2.24. The van der Waals surface area contributed by atoms with Gasteiger partial charge in [0.25, 0.3) is 0 Å². The van der Waals surface area contributed by atoms with Crippen LogP contribution in [0.15, 0.2) is 0 Å². The molecule has 3 unspecified atom stereocenters. The largest absolute Gasteiger partial charge is 0.393 e.